The van der Waals surface area contributed by atoms with Gasteiger partial charge in [0.15, 0.2) is 16.3 Å². The highest BCUT2D eigenvalue weighted by molar-refractivity contribution is 7.10. The number of fused-ring (bicyclic) bond motifs is 1. The van der Waals surface area contributed by atoms with Crippen LogP contribution in [0.3, 0.4) is 0 Å². The van der Waals surface area contributed by atoms with Crippen molar-refractivity contribution in [3.8, 4) is 11.5 Å². The molecule has 0 bridgehead atoms. The Morgan fingerprint density at radius 3 is 2.66 bits per heavy atom. The second kappa shape index (κ2) is 9.13. The van der Waals surface area contributed by atoms with E-state index in [1.54, 1.807) is 44.8 Å². The van der Waals surface area contributed by atoms with Crippen LogP contribution in [0.15, 0.2) is 56.8 Å². The van der Waals surface area contributed by atoms with Crippen molar-refractivity contribution in [2.24, 2.45) is 4.99 Å². The van der Waals surface area contributed by atoms with Crippen molar-refractivity contribution in [1.29, 1.82) is 0 Å². The van der Waals surface area contributed by atoms with Gasteiger partial charge in [-0.15, -0.1) is 11.3 Å². The number of thiazole rings is 1. The number of methoxy groups -OCH3 is 2. The van der Waals surface area contributed by atoms with Crippen LogP contribution in [0.1, 0.15) is 30.3 Å². The molecule has 9 heteroatoms. The molecule has 1 aliphatic rings. The number of esters is 1. The first-order valence-corrected chi connectivity index (χ1v) is 11.6. The van der Waals surface area contributed by atoms with E-state index in [0.717, 1.165) is 10.4 Å². The lowest BCUT2D eigenvalue weighted by atomic mass is 10.0. The molecule has 0 unspecified atom stereocenters. The molecule has 32 heavy (non-hydrogen) atoms. The van der Waals surface area contributed by atoms with Crippen LogP contribution >= 0.6 is 22.7 Å². The highest BCUT2D eigenvalue weighted by atomic mass is 32.1. The summed E-state index contributed by atoms with van der Waals surface area (Å²) in [6.07, 6.45) is 1.79. The predicted octanol–water partition coefficient (Wildman–Crippen LogP) is 2.88. The summed E-state index contributed by atoms with van der Waals surface area (Å²) in [5, 5.41) is 1.92. The van der Waals surface area contributed by atoms with E-state index in [1.165, 1.54) is 22.7 Å². The Labute approximate surface area is 192 Å². The van der Waals surface area contributed by atoms with Crippen LogP contribution in [0.4, 0.5) is 0 Å². The van der Waals surface area contributed by atoms with Crippen molar-refractivity contribution in [2.75, 3.05) is 20.8 Å². The van der Waals surface area contributed by atoms with Crippen LogP contribution in [-0.4, -0.2) is 31.4 Å². The van der Waals surface area contributed by atoms with Gasteiger partial charge in [-0.3, -0.25) is 9.36 Å². The monoisotopic (exact) mass is 470 g/mol. The normalized spacial score (nSPS) is 15.9. The molecule has 4 rings (SSSR count). The van der Waals surface area contributed by atoms with Crippen molar-refractivity contribution in [1.82, 2.24) is 4.57 Å². The maximum Gasteiger partial charge on any atom is 0.338 e. The average molecular weight is 471 g/mol. The summed E-state index contributed by atoms with van der Waals surface area (Å²) >= 11 is 2.77. The van der Waals surface area contributed by atoms with E-state index >= 15 is 0 Å². The zero-order valence-electron chi connectivity index (χ0n) is 18.1. The van der Waals surface area contributed by atoms with Gasteiger partial charge in [0.1, 0.15) is 6.04 Å². The maximum absolute atomic E-state index is 13.5. The molecule has 0 saturated heterocycles. The fourth-order valence-electron chi connectivity index (χ4n) is 3.60. The molecule has 1 aliphatic heterocycles. The van der Waals surface area contributed by atoms with Crippen molar-refractivity contribution in [3.63, 3.8) is 0 Å². The number of allylic oxidation sites excluding steroid dienone is 1. The lowest BCUT2D eigenvalue weighted by molar-refractivity contribution is -0.139. The van der Waals surface area contributed by atoms with Gasteiger partial charge in [0, 0.05) is 4.88 Å². The number of aromatic nitrogens is 1. The van der Waals surface area contributed by atoms with Crippen LogP contribution in [0.2, 0.25) is 0 Å². The summed E-state index contributed by atoms with van der Waals surface area (Å²) < 4.78 is 18.0. The molecule has 2 aromatic heterocycles. The van der Waals surface area contributed by atoms with Gasteiger partial charge < -0.3 is 14.2 Å². The van der Waals surface area contributed by atoms with Crippen LogP contribution in [0, 0.1) is 0 Å². The Morgan fingerprint density at radius 1 is 1.22 bits per heavy atom. The Bertz CT molecular complexity index is 1370. The minimum Gasteiger partial charge on any atom is -0.493 e. The molecule has 0 aliphatic carbocycles. The van der Waals surface area contributed by atoms with Gasteiger partial charge in [0.05, 0.1) is 36.6 Å². The molecular formula is C23H22N2O5S2. The summed E-state index contributed by atoms with van der Waals surface area (Å²) in [4.78, 5) is 32.3. The molecule has 0 N–H and O–H groups in total. The first kappa shape index (κ1) is 22.0. The fourth-order valence-corrected chi connectivity index (χ4v) is 5.47. The number of nitrogens with zero attached hydrogens (tertiary/aromatic N) is 2. The van der Waals surface area contributed by atoms with Crippen molar-refractivity contribution in [2.45, 2.75) is 19.9 Å². The van der Waals surface area contributed by atoms with E-state index in [1.807, 2.05) is 29.6 Å². The topological polar surface area (TPSA) is 79.1 Å². The van der Waals surface area contributed by atoms with Gasteiger partial charge >= 0.3 is 5.97 Å². The van der Waals surface area contributed by atoms with E-state index in [0.29, 0.717) is 32.1 Å². The molecule has 166 valence electrons. The number of carbonyl (C=O) groups is 1. The van der Waals surface area contributed by atoms with E-state index in [2.05, 4.69) is 4.99 Å². The Kier molecular flexibility index (Phi) is 6.29. The molecule has 0 fully saturated rings. The zero-order valence-corrected chi connectivity index (χ0v) is 19.7. The lowest BCUT2D eigenvalue weighted by Crippen LogP contribution is -2.39. The molecule has 1 aromatic carbocycles. The molecule has 0 spiro atoms. The second-order valence-electron chi connectivity index (χ2n) is 6.93. The average Bonchev–Trinajstić information content (AvgIpc) is 3.41. The van der Waals surface area contributed by atoms with E-state index in [9.17, 15) is 9.59 Å². The summed E-state index contributed by atoms with van der Waals surface area (Å²) in [5.41, 5.74) is 1.53. The first-order chi connectivity index (χ1) is 15.5. The van der Waals surface area contributed by atoms with Gasteiger partial charge in [-0.1, -0.05) is 23.5 Å². The standard InChI is InChI=1S/C23H22N2O5S2/c1-5-30-22(27)19-13(2)24-23-25(20(19)17-7-6-10-31-17)21(26)18(32-23)12-14-8-9-15(28-3)16(11-14)29-4/h6-12,20H,5H2,1-4H3/b18-12+/t20-/m0/s1. The van der Waals surface area contributed by atoms with Gasteiger partial charge in [-0.25, -0.2) is 9.79 Å². The smallest absolute Gasteiger partial charge is 0.338 e. The summed E-state index contributed by atoms with van der Waals surface area (Å²) in [6, 6.07) is 8.70. The van der Waals surface area contributed by atoms with E-state index in [-0.39, 0.29) is 12.2 Å². The van der Waals surface area contributed by atoms with Crippen LogP contribution in [-0.2, 0) is 9.53 Å². The molecule has 1 atom stereocenters. The number of thiophene rings is 1. The van der Waals surface area contributed by atoms with Gasteiger partial charge in [0.2, 0.25) is 0 Å². The third kappa shape index (κ3) is 3.89. The first-order valence-electron chi connectivity index (χ1n) is 9.93. The van der Waals surface area contributed by atoms with E-state index in [4.69, 9.17) is 14.2 Å². The van der Waals surface area contributed by atoms with Gasteiger partial charge in [-0.2, -0.15) is 0 Å². The summed E-state index contributed by atoms with van der Waals surface area (Å²) in [7, 11) is 3.14. The SMILES string of the molecule is CCOC(=O)C1=C(C)N=c2s/c(=C/c3ccc(OC)c(OC)c3)c(=O)n2[C@H]1c1cccs1. The zero-order chi connectivity index (χ0) is 22.8. The highest BCUT2D eigenvalue weighted by Gasteiger charge is 2.33. The van der Waals surface area contributed by atoms with E-state index < -0.39 is 12.0 Å². The van der Waals surface area contributed by atoms with Crippen molar-refractivity contribution in [3.05, 3.63) is 77.1 Å². The van der Waals surface area contributed by atoms with Crippen LogP contribution in [0.5, 0.6) is 11.5 Å². The molecule has 3 aromatic rings. The van der Waals surface area contributed by atoms with Gasteiger partial charge in [0.25, 0.3) is 5.56 Å². The number of benzene rings is 1. The molecule has 7 nitrogen and oxygen atoms in total. The molecule has 0 saturated carbocycles. The largest absolute Gasteiger partial charge is 0.493 e. The number of hydrogen-bond donors (Lipinski definition) is 0. The number of rotatable bonds is 6. The number of hydrogen-bond acceptors (Lipinski definition) is 8. The Hall–Kier alpha value is -3.17. The molecule has 3 heterocycles. The van der Waals surface area contributed by atoms with Gasteiger partial charge in [-0.05, 0) is 49.1 Å². The Morgan fingerprint density at radius 2 is 2.00 bits per heavy atom. The van der Waals surface area contributed by atoms with Crippen molar-refractivity contribution >= 4 is 34.7 Å². The molecule has 0 amide bonds. The summed E-state index contributed by atoms with van der Waals surface area (Å²) in [5.74, 6) is 0.728. The number of carbonyl (C=O) groups excluding carboxylic acids is 1. The van der Waals surface area contributed by atoms with Crippen LogP contribution < -0.4 is 24.4 Å². The highest BCUT2D eigenvalue weighted by Crippen LogP contribution is 2.33. The molecule has 0 radical (unpaired) electrons. The van der Waals surface area contributed by atoms with Crippen molar-refractivity contribution < 1.29 is 19.0 Å². The predicted molar refractivity (Wildman–Crippen MR) is 124 cm³/mol. The Balaban J connectivity index is 1.90. The maximum atomic E-state index is 13.5. The lowest BCUT2D eigenvalue weighted by Gasteiger charge is -2.23. The number of ether oxygens (including phenoxy) is 3. The quantitative estimate of drug-likeness (QED) is 0.518. The second-order valence-corrected chi connectivity index (χ2v) is 8.92. The minimum absolute atomic E-state index is 0.212. The minimum atomic E-state index is -0.571. The molecular weight excluding hydrogens is 448 g/mol. The summed E-state index contributed by atoms with van der Waals surface area (Å²) in [6.45, 7) is 3.78. The van der Waals surface area contributed by atoms with Crippen LogP contribution in [0.25, 0.3) is 6.08 Å². The fraction of sp³-hybridized carbons (Fsp3) is 0.261. The third-order valence-corrected chi connectivity index (χ3v) is 6.94. The third-order valence-electron chi connectivity index (χ3n) is 5.04.